The maximum atomic E-state index is 11.7. The van der Waals surface area contributed by atoms with Crippen LogP contribution in [0.5, 0.6) is 0 Å². The zero-order valence-electron chi connectivity index (χ0n) is 12.4. The number of carbonyl (C=O) groups excluding carboxylic acids is 1. The number of hydrogen-bond acceptors (Lipinski definition) is 2. The minimum atomic E-state index is 0.109. The summed E-state index contributed by atoms with van der Waals surface area (Å²) in [5.74, 6) is 0.718. The maximum Gasteiger partial charge on any atom is 0.234 e. The molecule has 3 heteroatoms. The monoisotopic (exact) mass is 242 g/mol. The van der Waals surface area contributed by atoms with Crippen molar-refractivity contribution in [3.05, 3.63) is 0 Å². The summed E-state index contributed by atoms with van der Waals surface area (Å²) < 4.78 is 0. The number of rotatable bonds is 8. The third-order valence-electron chi connectivity index (χ3n) is 3.78. The zero-order valence-corrected chi connectivity index (χ0v) is 12.4. The Labute approximate surface area is 107 Å². The van der Waals surface area contributed by atoms with Crippen LogP contribution in [0, 0.1) is 11.3 Å². The highest BCUT2D eigenvalue weighted by molar-refractivity contribution is 5.78. The Hall–Kier alpha value is -0.570. The smallest absolute Gasteiger partial charge is 0.234 e. The van der Waals surface area contributed by atoms with E-state index in [9.17, 15) is 4.79 Å². The minimum Gasteiger partial charge on any atom is -0.352 e. The van der Waals surface area contributed by atoms with Crippen LogP contribution in [0.15, 0.2) is 0 Å². The van der Waals surface area contributed by atoms with Crippen molar-refractivity contribution in [2.24, 2.45) is 11.3 Å². The van der Waals surface area contributed by atoms with Crippen molar-refractivity contribution in [3.63, 3.8) is 0 Å². The van der Waals surface area contributed by atoms with Crippen LogP contribution in [-0.2, 0) is 4.79 Å². The number of hydrogen-bond donors (Lipinski definition) is 2. The van der Waals surface area contributed by atoms with Crippen molar-refractivity contribution in [3.8, 4) is 0 Å². The van der Waals surface area contributed by atoms with Gasteiger partial charge in [-0.15, -0.1) is 0 Å². The highest BCUT2D eigenvalue weighted by atomic mass is 16.1. The van der Waals surface area contributed by atoms with Crippen LogP contribution in [0.3, 0.4) is 0 Å². The SMILES string of the molecule is CCC(CC)NC(=O)CNCC(C)(C)C(C)C. The topological polar surface area (TPSA) is 41.1 Å². The van der Waals surface area contributed by atoms with Gasteiger partial charge in [-0.1, -0.05) is 41.5 Å². The third-order valence-corrected chi connectivity index (χ3v) is 3.78. The van der Waals surface area contributed by atoms with Gasteiger partial charge in [-0.25, -0.2) is 0 Å². The molecule has 0 aliphatic carbocycles. The molecular formula is C14H30N2O. The van der Waals surface area contributed by atoms with Gasteiger partial charge in [0.1, 0.15) is 0 Å². The Morgan fingerprint density at radius 2 is 1.71 bits per heavy atom. The molecule has 0 heterocycles. The van der Waals surface area contributed by atoms with E-state index in [2.05, 4.69) is 52.2 Å². The minimum absolute atomic E-state index is 0.109. The van der Waals surface area contributed by atoms with E-state index in [0.717, 1.165) is 19.4 Å². The molecule has 0 saturated carbocycles. The first-order valence-corrected chi connectivity index (χ1v) is 6.83. The number of amides is 1. The second-order valence-electron chi connectivity index (χ2n) is 5.83. The third kappa shape index (κ3) is 6.67. The maximum absolute atomic E-state index is 11.7. The van der Waals surface area contributed by atoms with Gasteiger partial charge in [0.15, 0.2) is 0 Å². The largest absolute Gasteiger partial charge is 0.352 e. The summed E-state index contributed by atoms with van der Waals surface area (Å²) in [7, 11) is 0. The van der Waals surface area contributed by atoms with Crippen molar-refractivity contribution < 1.29 is 4.79 Å². The molecular weight excluding hydrogens is 212 g/mol. The quantitative estimate of drug-likeness (QED) is 0.687. The van der Waals surface area contributed by atoms with Crippen LogP contribution in [0.4, 0.5) is 0 Å². The molecule has 0 bridgehead atoms. The molecule has 3 nitrogen and oxygen atoms in total. The second kappa shape index (κ2) is 7.70. The summed E-state index contributed by atoms with van der Waals surface area (Å²) in [5, 5.41) is 6.28. The molecule has 0 radical (unpaired) electrons. The molecule has 1 amide bonds. The first-order chi connectivity index (χ1) is 7.83. The molecule has 0 rings (SSSR count). The Kier molecular flexibility index (Phi) is 7.44. The molecule has 0 aromatic heterocycles. The summed E-state index contributed by atoms with van der Waals surface area (Å²) in [6, 6.07) is 0.322. The molecule has 0 spiro atoms. The van der Waals surface area contributed by atoms with Crippen molar-refractivity contribution in [2.75, 3.05) is 13.1 Å². The molecule has 0 atom stereocenters. The average Bonchev–Trinajstić information content (AvgIpc) is 2.25. The fourth-order valence-electron chi connectivity index (χ4n) is 1.47. The number of carbonyl (C=O) groups is 1. The van der Waals surface area contributed by atoms with E-state index in [-0.39, 0.29) is 11.3 Å². The van der Waals surface area contributed by atoms with Crippen LogP contribution >= 0.6 is 0 Å². The average molecular weight is 242 g/mol. The van der Waals surface area contributed by atoms with Crippen molar-refractivity contribution >= 4 is 5.91 Å². The molecule has 0 fully saturated rings. The fraction of sp³-hybridized carbons (Fsp3) is 0.929. The van der Waals surface area contributed by atoms with E-state index < -0.39 is 0 Å². The van der Waals surface area contributed by atoms with Gasteiger partial charge in [0.25, 0.3) is 0 Å². The van der Waals surface area contributed by atoms with E-state index in [1.807, 2.05) is 0 Å². The lowest BCUT2D eigenvalue weighted by Crippen LogP contribution is -2.43. The van der Waals surface area contributed by atoms with Crippen LogP contribution in [-0.4, -0.2) is 25.0 Å². The summed E-state index contributed by atoms with van der Waals surface area (Å²) in [6.45, 7) is 14.4. The standard InChI is InChI=1S/C14H30N2O/c1-7-12(8-2)16-13(17)9-15-10-14(5,6)11(3)4/h11-12,15H,7-10H2,1-6H3,(H,16,17). The lowest BCUT2D eigenvalue weighted by Gasteiger charge is -2.29. The van der Waals surface area contributed by atoms with Crippen LogP contribution in [0.2, 0.25) is 0 Å². The Morgan fingerprint density at radius 1 is 1.18 bits per heavy atom. The molecule has 0 unspecified atom stereocenters. The zero-order chi connectivity index (χ0) is 13.5. The Bertz CT molecular complexity index is 220. The molecule has 102 valence electrons. The lowest BCUT2D eigenvalue weighted by molar-refractivity contribution is -0.121. The van der Waals surface area contributed by atoms with Gasteiger partial charge in [0.2, 0.25) is 5.91 Å². The van der Waals surface area contributed by atoms with Crippen molar-refractivity contribution in [2.45, 2.75) is 60.4 Å². The summed E-state index contributed by atoms with van der Waals surface area (Å²) in [5.41, 5.74) is 0.231. The second-order valence-corrected chi connectivity index (χ2v) is 5.83. The molecule has 0 aliphatic rings. The van der Waals surface area contributed by atoms with Gasteiger partial charge in [0, 0.05) is 12.6 Å². The van der Waals surface area contributed by atoms with Crippen LogP contribution in [0.1, 0.15) is 54.4 Å². The molecule has 0 aliphatic heterocycles. The highest BCUT2D eigenvalue weighted by Crippen LogP contribution is 2.24. The molecule has 2 N–H and O–H groups in total. The molecule has 17 heavy (non-hydrogen) atoms. The van der Waals surface area contributed by atoms with E-state index in [4.69, 9.17) is 0 Å². The van der Waals surface area contributed by atoms with Gasteiger partial charge in [-0.05, 0) is 24.2 Å². The van der Waals surface area contributed by atoms with Crippen molar-refractivity contribution in [1.82, 2.24) is 10.6 Å². The predicted octanol–water partition coefficient (Wildman–Crippen LogP) is 2.56. The van der Waals surface area contributed by atoms with Gasteiger partial charge in [0.05, 0.1) is 6.54 Å². The molecule has 0 saturated heterocycles. The summed E-state index contributed by atoms with van der Waals surface area (Å²) >= 11 is 0. The van der Waals surface area contributed by atoms with Crippen LogP contribution < -0.4 is 10.6 Å². The fourth-order valence-corrected chi connectivity index (χ4v) is 1.47. The first kappa shape index (κ1) is 16.4. The Balaban J connectivity index is 3.86. The van der Waals surface area contributed by atoms with E-state index >= 15 is 0 Å². The van der Waals surface area contributed by atoms with Crippen molar-refractivity contribution in [1.29, 1.82) is 0 Å². The van der Waals surface area contributed by atoms with Gasteiger partial charge in [-0.2, -0.15) is 0 Å². The van der Waals surface area contributed by atoms with Gasteiger partial charge < -0.3 is 10.6 Å². The van der Waals surface area contributed by atoms with E-state index in [0.29, 0.717) is 18.5 Å². The van der Waals surface area contributed by atoms with Gasteiger partial charge in [-0.3, -0.25) is 4.79 Å². The molecule has 0 aromatic carbocycles. The Morgan fingerprint density at radius 3 is 2.12 bits per heavy atom. The first-order valence-electron chi connectivity index (χ1n) is 6.83. The summed E-state index contributed by atoms with van der Waals surface area (Å²) in [6.07, 6.45) is 2.00. The van der Waals surface area contributed by atoms with E-state index in [1.54, 1.807) is 0 Å². The molecule has 0 aromatic rings. The highest BCUT2D eigenvalue weighted by Gasteiger charge is 2.21. The summed E-state index contributed by atoms with van der Waals surface area (Å²) in [4.78, 5) is 11.7. The van der Waals surface area contributed by atoms with E-state index in [1.165, 1.54) is 0 Å². The number of nitrogens with one attached hydrogen (secondary N) is 2. The van der Waals surface area contributed by atoms with Gasteiger partial charge >= 0.3 is 0 Å². The predicted molar refractivity (Wildman–Crippen MR) is 74.0 cm³/mol. The lowest BCUT2D eigenvalue weighted by atomic mass is 9.81. The van der Waals surface area contributed by atoms with Crippen LogP contribution in [0.25, 0.3) is 0 Å². The normalized spacial score (nSPS) is 12.2.